The Bertz CT molecular complexity index is 868. The summed E-state index contributed by atoms with van der Waals surface area (Å²) in [5, 5.41) is 16.4. The van der Waals surface area contributed by atoms with Gasteiger partial charge in [-0.15, -0.1) is 0 Å². The highest BCUT2D eigenvalue weighted by atomic mass is 79.9. The molecule has 2 amide bonds. The van der Waals surface area contributed by atoms with Crippen LogP contribution in [0.5, 0.6) is 11.5 Å². The van der Waals surface area contributed by atoms with Gasteiger partial charge in [-0.05, 0) is 59.1 Å². The number of rotatable bonds is 7. The van der Waals surface area contributed by atoms with Gasteiger partial charge in [0.05, 0.1) is 17.3 Å². The number of aryl methyl sites for hydroxylation is 1. The van der Waals surface area contributed by atoms with Gasteiger partial charge in [0, 0.05) is 5.69 Å². The van der Waals surface area contributed by atoms with E-state index in [1.807, 2.05) is 19.1 Å². The number of aromatic hydroxyl groups is 1. The average molecular weight is 434 g/mol. The van der Waals surface area contributed by atoms with Crippen LogP contribution in [0.15, 0.2) is 46.0 Å². The fourth-order valence-electron chi connectivity index (χ4n) is 2.21. The molecule has 0 aliphatic rings. The zero-order chi connectivity index (χ0) is 19.8. The third-order valence-corrected chi connectivity index (χ3v) is 4.10. The number of hydrogen-bond donors (Lipinski definition) is 3. The first-order chi connectivity index (χ1) is 12.9. The maximum Gasteiger partial charge on any atom is 0.249 e. The Morgan fingerprint density at radius 3 is 2.70 bits per heavy atom. The summed E-state index contributed by atoms with van der Waals surface area (Å²) < 4.78 is 5.77. The van der Waals surface area contributed by atoms with Crippen molar-refractivity contribution >= 4 is 39.6 Å². The number of carbonyl (C=O) groups excluding carboxylic acids is 2. The van der Waals surface area contributed by atoms with Crippen LogP contribution in [0.2, 0.25) is 0 Å². The van der Waals surface area contributed by atoms with Crippen molar-refractivity contribution in [2.75, 3.05) is 11.9 Å². The van der Waals surface area contributed by atoms with Crippen molar-refractivity contribution < 1.29 is 19.4 Å². The molecule has 27 heavy (non-hydrogen) atoms. The van der Waals surface area contributed by atoms with Crippen LogP contribution in [0, 0.1) is 6.92 Å². The number of nitrogens with one attached hydrogen (secondary N) is 2. The minimum Gasteiger partial charge on any atom is -0.503 e. The number of amides is 2. The van der Waals surface area contributed by atoms with E-state index in [9.17, 15) is 14.7 Å². The summed E-state index contributed by atoms with van der Waals surface area (Å²) in [6.07, 6.45) is 1.04. The highest BCUT2D eigenvalue weighted by molar-refractivity contribution is 9.10. The van der Waals surface area contributed by atoms with E-state index in [1.54, 1.807) is 31.2 Å². The summed E-state index contributed by atoms with van der Waals surface area (Å²) in [6.45, 7) is 4.07. The lowest BCUT2D eigenvalue weighted by molar-refractivity contribution is -0.126. The summed E-state index contributed by atoms with van der Waals surface area (Å²) in [5.41, 5.74) is 4.48. The Balaban J connectivity index is 1.91. The SMILES string of the molecule is CCOc1cc(C=NNC(=O)CC(=O)Nc2ccccc2C)cc(Br)c1O. The van der Waals surface area contributed by atoms with E-state index < -0.39 is 11.8 Å². The Morgan fingerprint density at radius 2 is 2.00 bits per heavy atom. The number of phenolic OH excluding ortho intramolecular Hbond substituents is 1. The number of carbonyl (C=O) groups is 2. The van der Waals surface area contributed by atoms with Crippen LogP contribution >= 0.6 is 15.9 Å². The second-order valence-corrected chi connectivity index (χ2v) is 6.47. The molecule has 0 aromatic heterocycles. The van der Waals surface area contributed by atoms with Crippen LogP contribution < -0.4 is 15.5 Å². The van der Waals surface area contributed by atoms with Crippen LogP contribution in [0.25, 0.3) is 0 Å². The molecule has 0 aliphatic carbocycles. The van der Waals surface area contributed by atoms with Gasteiger partial charge in [-0.2, -0.15) is 5.10 Å². The van der Waals surface area contributed by atoms with Crippen molar-refractivity contribution in [3.63, 3.8) is 0 Å². The van der Waals surface area contributed by atoms with Crippen LogP contribution in [-0.2, 0) is 9.59 Å². The minimum atomic E-state index is -0.541. The van der Waals surface area contributed by atoms with Crippen molar-refractivity contribution in [3.8, 4) is 11.5 Å². The monoisotopic (exact) mass is 433 g/mol. The largest absolute Gasteiger partial charge is 0.503 e. The van der Waals surface area contributed by atoms with Crippen molar-refractivity contribution in [3.05, 3.63) is 52.0 Å². The van der Waals surface area contributed by atoms with E-state index in [2.05, 4.69) is 31.8 Å². The second-order valence-electron chi connectivity index (χ2n) is 5.62. The van der Waals surface area contributed by atoms with Gasteiger partial charge >= 0.3 is 0 Å². The van der Waals surface area contributed by atoms with E-state index in [0.29, 0.717) is 28.1 Å². The molecule has 0 atom stereocenters. The molecule has 3 N–H and O–H groups in total. The molecule has 0 aliphatic heterocycles. The lowest BCUT2D eigenvalue weighted by Crippen LogP contribution is -2.24. The van der Waals surface area contributed by atoms with Crippen molar-refractivity contribution in [2.24, 2.45) is 5.10 Å². The summed E-state index contributed by atoms with van der Waals surface area (Å²) in [7, 11) is 0. The number of phenols is 1. The van der Waals surface area contributed by atoms with Crippen LogP contribution in [0.4, 0.5) is 5.69 Å². The number of ether oxygens (including phenoxy) is 1. The molecule has 2 rings (SSSR count). The smallest absolute Gasteiger partial charge is 0.249 e. The van der Waals surface area contributed by atoms with Crippen molar-refractivity contribution in [1.29, 1.82) is 0 Å². The maximum absolute atomic E-state index is 11.9. The van der Waals surface area contributed by atoms with Crippen LogP contribution in [0.1, 0.15) is 24.5 Å². The van der Waals surface area contributed by atoms with Crippen LogP contribution in [-0.4, -0.2) is 29.7 Å². The fraction of sp³-hybridized carbons (Fsp3) is 0.211. The lowest BCUT2D eigenvalue weighted by atomic mass is 10.2. The van der Waals surface area contributed by atoms with Crippen molar-refractivity contribution in [2.45, 2.75) is 20.3 Å². The molecule has 0 spiro atoms. The van der Waals surface area contributed by atoms with Gasteiger partial charge in [-0.25, -0.2) is 5.43 Å². The molecule has 0 heterocycles. The number of halogens is 1. The molecule has 2 aromatic rings. The zero-order valence-electron chi connectivity index (χ0n) is 15.0. The quantitative estimate of drug-likeness (QED) is 0.354. The molecule has 2 aromatic carbocycles. The normalized spacial score (nSPS) is 10.6. The number of nitrogens with zero attached hydrogens (tertiary/aromatic N) is 1. The molecular weight excluding hydrogens is 414 g/mol. The Hall–Kier alpha value is -2.87. The van der Waals surface area contributed by atoms with E-state index in [4.69, 9.17) is 4.74 Å². The van der Waals surface area contributed by atoms with Crippen molar-refractivity contribution in [1.82, 2.24) is 5.43 Å². The van der Waals surface area contributed by atoms with Gasteiger partial charge < -0.3 is 15.2 Å². The summed E-state index contributed by atoms with van der Waals surface area (Å²) in [4.78, 5) is 23.8. The fourth-order valence-corrected chi connectivity index (χ4v) is 2.67. The van der Waals surface area contributed by atoms with E-state index >= 15 is 0 Å². The number of anilines is 1. The molecule has 0 bridgehead atoms. The maximum atomic E-state index is 11.9. The van der Waals surface area contributed by atoms with Gasteiger partial charge in [0.15, 0.2) is 11.5 Å². The third-order valence-electron chi connectivity index (χ3n) is 3.49. The summed E-state index contributed by atoms with van der Waals surface area (Å²) >= 11 is 3.23. The Kier molecular flexibility index (Phi) is 7.36. The molecule has 7 nitrogen and oxygen atoms in total. The molecular formula is C19H20BrN3O4. The first kappa shape index (κ1) is 20.4. The average Bonchev–Trinajstić information content (AvgIpc) is 2.61. The van der Waals surface area contributed by atoms with Gasteiger partial charge in [-0.1, -0.05) is 18.2 Å². The van der Waals surface area contributed by atoms with Gasteiger partial charge in [0.25, 0.3) is 0 Å². The summed E-state index contributed by atoms with van der Waals surface area (Å²) in [5.74, 6) is -0.675. The number of benzene rings is 2. The number of hydrazone groups is 1. The predicted molar refractivity (Wildman–Crippen MR) is 107 cm³/mol. The van der Waals surface area contributed by atoms with E-state index in [1.165, 1.54) is 6.21 Å². The molecule has 0 fully saturated rings. The predicted octanol–water partition coefficient (Wildman–Crippen LogP) is 3.34. The van der Waals surface area contributed by atoms with Crippen LogP contribution in [0.3, 0.4) is 0 Å². The molecule has 8 heteroatoms. The Morgan fingerprint density at radius 1 is 1.26 bits per heavy atom. The van der Waals surface area contributed by atoms with Gasteiger partial charge in [0.2, 0.25) is 11.8 Å². The highest BCUT2D eigenvalue weighted by Gasteiger charge is 2.11. The molecule has 0 radical (unpaired) electrons. The van der Waals surface area contributed by atoms with E-state index in [-0.39, 0.29) is 12.2 Å². The first-order valence-electron chi connectivity index (χ1n) is 8.23. The van der Waals surface area contributed by atoms with Gasteiger partial charge in [-0.3, -0.25) is 9.59 Å². The zero-order valence-corrected chi connectivity index (χ0v) is 16.5. The van der Waals surface area contributed by atoms with Gasteiger partial charge in [0.1, 0.15) is 6.42 Å². The topological polar surface area (TPSA) is 100 Å². The second kappa shape index (κ2) is 9.72. The standard InChI is InChI=1S/C19H20BrN3O4/c1-3-27-16-9-13(8-14(20)19(16)26)11-21-23-18(25)10-17(24)22-15-7-5-4-6-12(15)2/h4-9,11,26H,3,10H2,1-2H3,(H,22,24)(H,23,25). The molecule has 0 unspecified atom stereocenters. The highest BCUT2D eigenvalue weighted by Crippen LogP contribution is 2.35. The molecule has 0 saturated heterocycles. The molecule has 142 valence electrons. The van der Waals surface area contributed by atoms with E-state index in [0.717, 1.165) is 5.56 Å². The summed E-state index contributed by atoms with van der Waals surface area (Å²) in [6, 6.07) is 10.5. The number of hydrogen-bond acceptors (Lipinski definition) is 5. The molecule has 0 saturated carbocycles. The lowest BCUT2D eigenvalue weighted by Gasteiger charge is -2.08. The Labute approximate surface area is 165 Å². The first-order valence-corrected chi connectivity index (χ1v) is 9.02. The number of para-hydroxylation sites is 1. The third kappa shape index (κ3) is 6.10. The minimum absolute atomic E-state index is 0.00841.